The fourth-order valence-corrected chi connectivity index (χ4v) is 2.21. The summed E-state index contributed by atoms with van der Waals surface area (Å²) < 4.78 is 1.96. The number of amidine groups is 1. The fraction of sp³-hybridized carbons (Fsp3) is 0.600. The molecule has 0 radical (unpaired) electrons. The molecule has 5 heteroatoms. The number of rotatable bonds is 3. The van der Waals surface area contributed by atoms with E-state index in [0.29, 0.717) is 11.7 Å². The molecule has 0 atom stereocenters. The molecule has 1 aromatic heterocycles. The van der Waals surface area contributed by atoms with Gasteiger partial charge in [-0.15, -0.1) is 0 Å². The van der Waals surface area contributed by atoms with Crippen LogP contribution in [-0.4, -0.2) is 20.6 Å². The van der Waals surface area contributed by atoms with Crippen molar-refractivity contribution in [2.24, 2.45) is 16.8 Å². The van der Waals surface area contributed by atoms with Crippen molar-refractivity contribution >= 4 is 5.84 Å². The number of nitrogens with zero attached hydrogens (tertiary/aromatic N) is 3. The summed E-state index contributed by atoms with van der Waals surface area (Å²) in [6.45, 7) is 0.922. The summed E-state index contributed by atoms with van der Waals surface area (Å²) in [6, 6.07) is 0. The Kier molecular flexibility index (Phi) is 2.89. The Morgan fingerprint density at radius 3 is 3.00 bits per heavy atom. The molecule has 0 unspecified atom stereocenters. The third-order valence-electron chi connectivity index (χ3n) is 2.98. The Bertz CT molecular complexity index is 352. The second kappa shape index (κ2) is 4.33. The third kappa shape index (κ3) is 2.11. The maximum Gasteiger partial charge on any atom is 0.206 e. The molecule has 3 N–H and O–H groups in total. The van der Waals surface area contributed by atoms with Gasteiger partial charge in [0.1, 0.15) is 0 Å². The summed E-state index contributed by atoms with van der Waals surface area (Å²) >= 11 is 0. The quantitative estimate of drug-likeness (QED) is 0.339. The van der Waals surface area contributed by atoms with Crippen molar-refractivity contribution in [1.29, 1.82) is 0 Å². The molecule has 0 aliphatic heterocycles. The monoisotopic (exact) mass is 208 g/mol. The first-order chi connectivity index (χ1) is 7.31. The van der Waals surface area contributed by atoms with Crippen LogP contribution in [0.1, 0.15) is 31.5 Å². The molecule has 1 aromatic rings. The van der Waals surface area contributed by atoms with E-state index in [-0.39, 0.29) is 5.84 Å². The maximum atomic E-state index is 8.60. The summed E-state index contributed by atoms with van der Waals surface area (Å²) in [5.74, 6) is 1.35. The lowest BCUT2D eigenvalue weighted by Crippen LogP contribution is -2.21. The van der Waals surface area contributed by atoms with Crippen LogP contribution in [0.5, 0.6) is 0 Å². The van der Waals surface area contributed by atoms with Crippen LogP contribution in [0, 0.1) is 5.92 Å². The normalized spacial score (nSPS) is 18.5. The van der Waals surface area contributed by atoms with Gasteiger partial charge in [0.15, 0.2) is 5.82 Å². The molecule has 0 spiro atoms. The lowest BCUT2D eigenvalue weighted by atomic mass is 10.1. The smallest absolute Gasteiger partial charge is 0.206 e. The molecule has 1 aliphatic carbocycles. The van der Waals surface area contributed by atoms with Crippen molar-refractivity contribution in [2.75, 3.05) is 0 Å². The number of hydrogen-bond donors (Lipinski definition) is 2. The van der Waals surface area contributed by atoms with Gasteiger partial charge < -0.3 is 15.5 Å². The van der Waals surface area contributed by atoms with E-state index in [0.717, 1.165) is 6.54 Å². The number of aromatic nitrogens is 2. The molecule has 0 bridgehead atoms. The summed E-state index contributed by atoms with van der Waals surface area (Å²) in [7, 11) is 0. The third-order valence-corrected chi connectivity index (χ3v) is 2.98. The first kappa shape index (κ1) is 10.0. The summed E-state index contributed by atoms with van der Waals surface area (Å²) in [6.07, 6.45) is 8.74. The Morgan fingerprint density at radius 2 is 2.33 bits per heavy atom. The Morgan fingerprint density at radius 1 is 1.60 bits per heavy atom. The van der Waals surface area contributed by atoms with Crippen LogP contribution < -0.4 is 5.73 Å². The van der Waals surface area contributed by atoms with Crippen LogP contribution >= 0.6 is 0 Å². The molecule has 82 valence electrons. The highest BCUT2D eigenvalue weighted by atomic mass is 16.4. The van der Waals surface area contributed by atoms with Crippen molar-refractivity contribution in [1.82, 2.24) is 9.55 Å². The molecule has 1 saturated carbocycles. The predicted molar refractivity (Wildman–Crippen MR) is 56.7 cm³/mol. The van der Waals surface area contributed by atoms with Crippen molar-refractivity contribution in [2.45, 2.75) is 32.2 Å². The molecule has 5 nitrogen and oxygen atoms in total. The fourth-order valence-electron chi connectivity index (χ4n) is 2.21. The second-order valence-electron chi connectivity index (χ2n) is 4.04. The maximum absolute atomic E-state index is 8.60. The first-order valence-electron chi connectivity index (χ1n) is 5.30. The van der Waals surface area contributed by atoms with Gasteiger partial charge in [-0.25, -0.2) is 4.98 Å². The van der Waals surface area contributed by atoms with Crippen molar-refractivity contribution in [3.63, 3.8) is 0 Å². The number of hydrogen-bond acceptors (Lipinski definition) is 3. The minimum Gasteiger partial charge on any atom is -0.409 e. The van der Waals surface area contributed by atoms with Gasteiger partial charge >= 0.3 is 0 Å². The van der Waals surface area contributed by atoms with Gasteiger partial charge in [0.25, 0.3) is 0 Å². The van der Waals surface area contributed by atoms with Crippen LogP contribution in [0.3, 0.4) is 0 Å². The zero-order valence-corrected chi connectivity index (χ0v) is 8.63. The van der Waals surface area contributed by atoms with Gasteiger partial charge in [0, 0.05) is 18.9 Å². The number of nitrogens with two attached hydrogens (primary N) is 1. The van der Waals surface area contributed by atoms with Gasteiger partial charge in [0.05, 0.1) is 0 Å². The highest BCUT2D eigenvalue weighted by Gasteiger charge is 2.17. The SMILES string of the molecule is NC(=NO)c1nccn1CC1CCCC1. The highest BCUT2D eigenvalue weighted by molar-refractivity contribution is 5.93. The lowest BCUT2D eigenvalue weighted by molar-refractivity contribution is 0.318. The van der Waals surface area contributed by atoms with Crippen LogP contribution in [0.2, 0.25) is 0 Å². The first-order valence-corrected chi connectivity index (χ1v) is 5.30. The number of imidazole rings is 1. The molecular weight excluding hydrogens is 192 g/mol. The van der Waals surface area contributed by atoms with E-state index in [4.69, 9.17) is 10.9 Å². The molecule has 0 amide bonds. The Hall–Kier alpha value is -1.52. The topological polar surface area (TPSA) is 76.4 Å². The summed E-state index contributed by atoms with van der Waals surface area (Å²) in [5, 5.41) is 11.6. The minimum absolute atomic E-state index is 0.0815. The average molecular weight is 208 g/mol. The van der Waals surface area contributed by atoms with Gasteiger partial charge in [0.2, 0.25) is 5.84 Å². The van der Waals surface area contributed by atoms with Gasteiger partial charge in [-0.2, -0.15) is 0 Å². The predicted octanol–water partition coefficient (Wildman–Crippen LogP) is 1.17. The molecule has 1 fully saturated rings. The van der Waals surface area contributed by atoms with E-state index in [1.165, 1.54) is 25.7 Å². The van der Waals surface area contributed by atoms with Gasteiger partial charge in [-0.3, -0.25) is 0 Å². The van der Waals surface area contributed by atoms with Crippen LogP contribution in [0.4, 0.5) is 0 Å². The largest absolute Gasteiger partial charge is 0.409 e. The van der Waals surface area contributed by atoms with E-state index >= 15 is 0 Å². The van der Waals surface area contributed by atoms with E-state index in [2.05, 4.69) is 10.1 Å². The van der Waals surface area contributed by atoms with Crippen molar-refractivity contribution in [3.05, 3.63) is 18.2 Å². The molecular formula is C10H16N4O. The van der Waals surface area contributed by atoms with E-state index in [1.54, 1.807) is 6.20 Å². The summed E-state index contributed by atoms with van der Waals surface area (Å²) in [5.41, 5.74) is 5.53. The Balaban J connectivity index is 2.10. The molecule has 1 heterocycles. The highest BCUT2D eigenvalue weighted by Crippen LogP contribution is 2.26. The number of oxime groups is 1. The van der Waals surface area contributed by atoms with Crippen molar-refractivity contribution < 1.29 is 5.21 Å². The minimum atomic E-state index is 0.0815. The molecule has 0 aromatic carbocycles. The molecule has 15 heavy (non-hydrogen) atoms. The Labute approximate surface area is 88.6 Å². The van der Waals surface area contributed by atoms with E-state index in [1.807, 2.05) is 10.8 Å². The lowest BCUT2D eigenvalue weighted by Gasteiger charge is -2.11. The zero-order valence-electron chi connectivity index (χ0n) is 8.63. The average Bonchev–Trinajstić information content (AvgIpc) is 2.88. The molecule has 2 rings (SSSR count). The summed E-state index contributed by atoms with van der Waals surface area (Å²) in [4.78, 5) is 4.08. The van der Waals surface area contributed by atoms with E-state index < -0.39 is 0 Å². The zero-order chi connectivity index (χ0) is 10.7. The van der Waals surface area contributed by atoms with Crippen LogP contribution in [-0.2, 0) is 6.54 Å². The molecule has 1 aliphatic rings. The van der Waals surface area contributed by atoms with Crippen LogP contribution in [0.25, 0.3) is 0 Å². The molecule has 0 saturated heterocycles. The van der Waals surface area contributed by atoms with Gasteiger partial charge in [-0.1, -0.05) is 18.0 Å². The van der Waals surface area contributed by atoms with E-state index in [9.17, 15) is 0 Å². The second-order valence-corrected chi connectivity index (χ2v) is 4.04. The van der Waals surface area contributed by atoms with Crippen molar-refractivity contribution in [3.8, 4) is 0 Å². The van der Waals surface area contributed by atoms with Crippen LogP contribution in [0.15, 0.2) is 17.5 Å². The standard InChI is InChI=1S/C10H16N4O/c11-9(13-15)10-12-5-6-14(10)7-8-3-1-2-4-8/h5-6,8,15H,1-4,7H2,(H2,11,13). The van der Waals surface area contributed by atoms with Gasteiger partial charge in [-0.05, 0) is 18.8 Å².